The first-order valence-corrected chi connectivity index (χ1v) is 11.3. The summed E-state index contributed by atoms with van der Waals surface area (Å²) >= 11 is 12.6. The maximum atomic E-state index is 12.8. The normalized spacial score (nSPS) is 11.8. The standard InChI is InChI=1S/C24H27Cl2N3O6/c1-24(2,3)35-23(34)29(4)13-19(30)27-12-18(22(32)33)28-21(31)20-16(25)10-15(11-17(20)26)14-8-6-5-7-9-14/h5-11,18H,12-13H2,1-4H3,(H,27,30)(H,28,31)(H,32,33). The van der Waals surface area contributed by atoms with E-state index in [1.165, 1.54) is 7.05 Å². The number of benzene rings is 2. The molecule has 0 heterocycles. The minimum absolute atomic E-state index is 0.0426. The van der Waals surface area contributed by atoms with Crippen LogP contribution in [0.4, 0.5) is 4.79 Å². The fourth-order valence-corrected chi connectivity index (χ4v) is 3.57. The number of carboxylic acids is 1. The second-order valence-electron chi connectivity index (χ2n) is 8.69. The van der Waals surface area contributed by atoms with Crippen molar-refractivity contribution in [3.05, 3.63) is 58.1 Å². The van der Waals surface area contributed by atoms with Crippen molar-refractivity contribution in [3.8, 4) is 11.1 Å². The quantitative estimate of drug-likeness (QED) is 0.482. The van der Waals surface area contributed by atoms with E-state index in [0.29, 0.717) is 5.56 Å². The van der Waals surface area contributed by atoms with Gasteiger partial charge in [0.25, 0.3) is 5.91 Å². The van der Waals surface area contributed by atoms with Crippen molar-refractivity contribution in [2.24, 2.45) is 0 Å². The fraction of sp³-hybridized carbons (Fsp3) is 0.333. The van der Waals surface area contributed by atoms with Gasteiger partial charge in [-0.15, -0.1) is 0 Å². The summed E-state index contributed by atoms with van der Waals surface area (Å²) in [6, 6.07) is 10.9. The van der Waals surface area contributed by atoms with Crippen LogP contribution in [0, 0.1) is 0 Å². The van der Waals surface area contributed by atoms with Gasteiger partial charge in [0.05, 0.1) is 15.6 Å². The molecule has 35 heavy (non-hydrogen) atoms. The van der Waals surface area contributed by atoms with E-state index in [-0.39, 0.29) is 22.2 Å². The van der Waals surface area contributed by atoms with Crippen LogP contribution in [0.5, 0.6) is 0 Å². The number of carbonyl (C=O) groups is 4. The van der Waals surface area contributed by atoms with E-state index in [9.17, 15) is 24.3 Å². The number of hydrogen-bond acceptors (Lipinski definition) is 5. The SMILES string of the molecule is CN(CC(=O)NCC(NC(=O)c1c(Cl)cc(-c2ccccc2)cc1Cl)C(=O)O)C(=O)OC(C)(C)C. The minimum atomic E-state index is -1.47. The zero-order valence-electron chi connectivity index (χ0n) is 19.7. The van der Waals surface area contributed by atoms with Gasteiger partial charge in [0.2, 0.25) is 5.91 Å². The average Bonchev–Trinajstić information content (AvgIpc) is 2.75. The van der Waals surface area contributed by atoms with Crippen molar-refractivity contribution < 1.29 is 29.0 Å². The van der Waals surface area contributed by atoms with E-state index in [1.807, 2.05) is 30.3 Å². The average molecular weight is 524 g/mol. The van der Waals surface area contributed by atoms with Gasteiger partial charge < -0.3 is 25.4 Å². The smallest absolute Gasteiger partial charge is 0.410 e. The third kappa shape index (κ3) is 8.45. The summed E-state index contributed by atoms with van der Waals surface area (Å²) in [6.07, 6.45) is -0.709. The Balaban J connectivity index is 2.03. The van der Waals surface area contributed by atoms with Crippen LogP contribution >= 0.6 is 23.2 Å². The van der Waals surface area contributed by atoms with Gasteiger partial charge >= 0.3 is 12.1 Å². The number of hydrogen-bond donors (Lipinski definition) is 3. The molecule has 3 N–H and O–H groups in total. The second kappa shape index (κ2) is 11.9. The molecular weight excluding hydrogens is 497 g/mol. The Bertz CT molecular complexity index is 1080. The third-order valence-electron chi connectivity index (χ3n) is 4.57. The van der Waals surface area contributed by atoms with Crippen LogP contribution in [0.3, 0.4) is 0 Å². The molecular formula is C24H27Cl2N3O6. The molecule has 2 aromatic rings. The molecule has 2 aromatic carbocycles. The van der Waals surface area contributed by atoms with Crippen LogP contribution in [-0.4, -0.2) is 65.7 Å². The maximum Gasteiger partial charge on any atom is 0.410 e. The predicted molar refractivity (Wildman–Crippen MR) is 133 cm³/mol. The van der Waals surface area contributed by atoms with Gasteiger partial charge in [-0.2, -0.15) is 0 Å². The van der Waals surface area contributed by atoms with Gasteiger partial charge in [0, 0.05) is 13.6 Å². The second-order valence-corrected chi connectivity index (χ2v) is 9.50. The number of carbonyl (C=O) groups excluding carboxylic acids is 3. The number of nitrogens with zero attached hydrogens (tertiary/aromatic N) is 1. The molecule has 0 aliphatic carbocycles. The summed E-state index contributed by atoms with van der Waals surface area (Å²) in [5.41, 5.74) is 0.705. The van der Waals surface area contributed by atoms with Crippen molar-refractivity contribution in [3.63, 3.8) is 0 Å². The maximum absolute atomic E-state index is 12.8. The Morgan fingerprint density at radius 3 is 2.11 bits per heavy atom. The molecule has 11 heteroatoms. The molecule has 0 saturated heterocycles. The van der Waals surface area contributed by atoms with Crippen molar-refractivity contribution in [1.29, 1.82) is 0 Å². The van der Waals surface area contributed by atoms with Crippen molar-refractivity contribution >= 4 is 47.1 Å². The number of nitrogens with one attached hydrogen (secondary N) is 2. The Labute approximate surface area is 213 Å². The molecule has 0 spiro atoms. The van der Waals surface area contributed by atoms with Gasteiger partial charge in [-0.1, -0.05) is 53.5 Å². The summed E-state index contributed by atoms with van der Waals surface area (Å²) in [4.78, 5) is 49.6. The molecule has 0 aliphatic heterocycles. The minimum Gasteiger partial charge on any atom is -0.480 e. The van der Waals surface area contributed by atoms with Gasteiger partial charge in [0.15, 0.2) is 0 Å². The highest BCUT2D eigenvalue weighted by Crippen LogP contribution is 2.31. The molecule has 0 aromatic heterocycles. The van der Waals surface area contributed by atoms with E-state index in [4.69, 9.17) is 27.9 Å². The third-order valence-corrected chi connectivity index (χ3v) is 5.17. The number of rotatable bonds is 8. The zero-order chi connectivity index (χ0) is 26.3. The molecule has 0 saturated carbocycles. The Morgan fingerprint density at radius 2 is 1.60 bits per heavy atom. The van der Waals surface area contributed by atoms with Crippen molar-refractivity contribution in [2.45, 2.75) is 32.4 Å². The summed E-state index contributed by atoms with van der Waals surface area (Å²) < 4.78 is 5.16. The van der Waals surface area contributed by atoms with E-state index in [0.717, 1.165) is 10.5 Å². The number of halogens is 2. The van der Waals surface area contributed by atoms with Crippen LogP contribution in [0.2, 0.25) is 10.0 Å². The molecule has 0 aliphatic rings. The Morgan fingerprint density at radius 1 is 1.03 bits per heavy atom. The largest absolute Gasteiger partial charge is 0.480 e. The molecule has 0 bridgehead atoms. The monoisotopic (exact) mass is 523 g/mol. The van der Waals surface area contributed by atoms with Crippen molar-refractivity contribution in [2.75, 3.05) is 20.1 Å². The highest BCUT2D eigenvalue weighted by Gasteiger charge is 2.26. The molecule has 2 rings (SSSR count). The first-order valence-electron chi connectivity index (χ1n) is 10.6. The molecule has 1 atom stereocenters. The highest BCUT2D eigenvalue weighted by atomic mass is 35.5. The van der Waals surface area contributed by atoms with Gasteiger partial charge in [-0.3, -0.25) is 9.59 Å². The number of amides is 3. The molecule has 188 valence electrons. The molecule has 1 unspecified atom stereocenters. The van der Waals surface area contributed by atoms with E-state index in [2.05, 4.69) is 10.6 Å². The number of aliphatic carboxylic acids is 1. The first kappa shape index (κ1) is 27.9. The molecule has 3 amide bonds. The van der Waals surface area contributed by atoms with Crippen molar-refractivity contribution in [1.82, 2.24) is 15.5 Å². The fourth-order valence-electron chi connectivity index (χ4n) is 2.91. The molecule has 9 nitrogen and oxygen atoms in total. The summed E-state index contributed by atoms with van der Waals surface area (Å²) in [7, 11) is 1.37. The first-order chi connectivity index (χ1) is 16.3. The van der Waals surface area contributed by atoms with Crippen LogP contribution in [-0.2, 0) is 14.3 Å². The predicted octanol–water partition coefficient (Wildman–Crippen LogP) is 3.83. The molecule has 0 fully saturated rings. The lowest BCUT2D eigenvalue weighted by Gasteiger charge is -2.24. The van der Waals surface area contributed by atoms with Gasteiger partial charge in [0.1, 0.15) is 18.2 Å². The lowest BCUT2D eigenvalue weighted by atomic mass is 10.0. The molecule has 0 radical (unpaired) electrons. The summed E-state index contributed by atoms with van der Waals surface area (Å²) in [5, 5.41) is 14.3. The van der Waals surface area contributed by atoms with Crippen LogP contribution in [0.15, 0.2) is 42.5 Å². The number of carboxylic acid groups (broad SMARTS) is 1. The van der Waals surface area contributed by atoms with Crippen LogP contribution in [0.25, 0.3) is 11.1 Å². The highest BCUT2D eigenvalue weighted by molar-refractivity contribution is 6.40. The van der Waals surface area contributed by atoms with Crippen LogP contribution in [0.1, 0.15) is 31.1 Å². The van der Waals surface area contributed by atoms with E-state index in [1.54, 1.807) is 32.9 Å². The number of ether oxygens (including phenoxy) is 1. The lowest BCUT2D eigenvalue weighted by Crippen LogP contribution is -2.50. The van der Waals surface area contributed by atoms with Gasteiger partial charge in [-0.05, 0) is 44.0 Å². The number of likely N-dealkylation sites (N-methyl/N-ethyl adjacent to an activating group) is 1. The summed E-state index contributed by atoms with van der Waals surface area (Å²) in [6.45, 7) is 4.26. The zero-order valence-corrected chi connectivity index (χ0v) is 21.2. The van der Waals surface area contributed by atoms with Crippen LogP contribution < -0.4 is 10.6 Å². The van der Waals surface area contributed by atoms with E-state index < -0.39 is 42.1 Å². The van der Waals surface area contributed by atoms with Gasteiger partial charge in [-0.25, -0.2) is 9.59 Å². The lowest BCUT2D eigenvalue weighted by molar-refractivity contribution is -0.139. The Hall–Kier alpha value is -3.30. The Kier molecular flexibility index (Phi) is 9.50. The topological polar surface area (TPSA) is 125 Å². The summed E-state index contributed by atoms with van der Waals surface area (Å²) in [5.74, 6) is -2.83. The van der Waals surface area contributed by atoms with E-state index >= 15 is 0 Å².